The summed E-state index contributed by atoms with van der Waals surface area (Å²) in [6, 6.07) is 0. The van der Waals surface area contributed by atoms with E-state index in [0.717, 1.165) is 5.57 Å². The summed E-state index contributed by atoms with van der Waals surface area (Å²) < 4.78 is 30.3. The van der Waals surface area contributed by atoms with Gasteiger partial charge in [-0.3, -0.25) is 28.8 Å². The van der Waals surface area contributed by atoms with E-state index >= 15 is 0 Å². The molecule has 0 aromatic carbocycles. The van der Waals surface area contributed by atoms with Gasteiger partial charge in [-0.25, -0.2) is 0 Å². The van der Waals surface area contributed by atoms with Crippen LogP contribution in [0.4, 0.5) is 0 Å². The fourth-order valence-electron chi connectivity index (χ4n) is 13.2. The number of esters is 4. The number of allylic oxidation sites excluding steroid dienone is 1. The quantitative estimate of drug-likeness (QED) is 0.185. The maximum atomic E-state index is 14.8. The molecule has 2 aliphatic heterocycles. The zero-order valence-electron chi connectivity index (χ0n) is 27.4. The molecule has 2 N–H and O–H groups in total. The van der Waals surface area contributed by atoms with E-state index in [4.69, 9.17) is 23.7 Å². The molecule has 0 aromatic heterocycles. The number of rotatable bonds is 3. The molecule has 9 aliphatic rings. The van der Waals surface area contributed by atoms with Crippen molar-refractivity contribution in [1.29, 1.82) is 0 Å². The van der Waals surface area contributed by atoms with E-state index in [1.807, 2.05) is 13.0 Å². The molecule has 0 aromatic rings. The summed E-state index contributed by atoms with van der Waals surface area (Å²) in [5.41, 5.74) is -6.55. The van der Waals surface area contributed by atoms with E-state index in [0.29, 0.717) is 0 Å². The van der Waals surface area contributed by atoms with Crippen LogP contribution in [0.3, 0.4) is 0 Å². The maximum Gasteiger partial charge on any atom is 0.306 e. The summed E-state index contributed by atoms with van der Waals surface area (Å²) in [6.45, 7) is 7.35. The van der Waals surface area contributed by atoms with Gasteiger partial charge in [-0.05, 0) is 30.6 Å². The molecule has 0 radical (unpaired) electrons. The molecule has 13 nitrogen and oxygen atoms in total. The first kappa shape index (κ1) is 30.9. The van der Waals surface area contributed by atoms with Gasteiger partial charge in [0.15, 0.2) is 11.9 Å². The Kier molecular flexibility index (Phi) is 5.75. The highest BCUT2D eigenvalue weighted by molar-refractivity contribution is 6.00. The Hall–Kier alpha value is -3.16. The van der Waals surface area contributed by atoms with E-state index in [1.165, 1.54) is 20.8 Å². The Labute approximate surface area is 276 Å². The number of hydrogen-bond acceptors (Lipinski definition) is 13. The third-order valence-corrected chi connectivity index (χ3v) is 14.8. The van der Waals surface area contributed by atoms with Gasteiger partial charge in [0, 0.05) is 67.6 Å². The van der Waals surface area contributed by atoms with Crippen LogP contribution in [0.25, 0.3) is 0 Å². The predicted molar refractivity (Wildman–Crippen MR) is 156 cm³/mol. The van der Waals surface area contributed by atoms with Gasteiger partial charge in [-0.15, -0.1) is 0 Å². The molecule has 258 valence electrons. The minimum Gasteiger partial charge on any atom is -0.462 e. The van der Waals surface area contributed by atoms with Crippen molar-refractivity contribution in [1.82, 2.24) is 0 Å². The fourth-order valence-corrected chi connectivity index (χ4v) is 13.2. The van der Waals surface area contributed by atoms with Crippen molar-refractivity contribution >= 4 is 35.4 Å². The van der Waals surface area contributed by atoms with Crippen LogP contribution in [0, 0.1) is 51.8 Å². The van der Waals surface area contributed by atoms with E-state index in [9.17, 15) is 39.0 Å². The van der Waals surface area contributed by atoms with Gasteiger partial charge < -0.3 is 33.9 Å². The lowest BCUT2D eigenvalue weighted by molar-refractivity contribution is -0.268. The van der Waals surface area contributed by atoms with E-state index < -0.39 is 129 Å². The van der Waals surface area contributed by atoms with Gasteiger partial charge in [0.05, 0.1) is 12.5 Å². The standard InChI is InChI=1S/C35H40O13/c1-12(36)44-27-22-17(32(5)30(46-14(3)38)26-18(47-26)10-34(32,42)29(27)41)9-20-31(4)23-15(7-21(40)48-20)6-16-8-19(39)35(43)11-33(16,35)25(23)28(24(22)31)45-13(2)37/h6,15,17-18,20,22-28,30,42-43H,7-11H2,1-5H3/t15-,17?,18-,20-,22?,23?,24?,25?,26-,27+,28+,30-,31+,32-,33-,34?,35+/m0/s1. The number of carbonyl (C=O) groups is 6. The van der Waals surface area contributed by atoms with Crippen LogP contribution in [0.5, 0.6) is 0 Å². The largest absolute Gasteiger partial charge is 0.462 e. The van der Waals surface area contributed by atoms with Crippen LogP contribution in [0.1, 0.15) is 66.7 Å². The van der Waals surface area contributed by atoms with Crippen molar-refractivity contribution in [3.05, 3.63) is 11.6 Å². The van der Waals surface area contributed by atoms with Crippen molar-refractivity contribution in [3.63, 3.8) is 0 Å². The minimum atomic E-state index is -2.15. The topological polar surface area (TPSA) is 192 Å². The fraction of sp³-hybridized carbons (Fsp3) is 0.771. The molecule has 0 amide bonds. The Balaban J connectivity index is 1.30. The first-order valence-corrected chi connectivity index (χ1v) is 17.0. The smallest absolute Gasteiger partial charge is 0.306 e. The second kappa shape index (κ2) is 8.95. The SMILES string of the molecule is CC(=O)O[C@@H]1C2C3C(C[C@@H]4OC(=O)C[C@@H]5C=C6CC(=O)[C@]7(O)C[C@@]67C1C5[C@]24C)[C@@]1(C)[C@@H](OC(C)=O)[C@H]2O[C@H]2CC1(O)C(=O)[C@@H]3OC(C)=O. The van der Waals surface area contributed by atoms with Gasteiger partial charge in [-0.2, -0.15) is 0 Å². The summed E-state index contributed by atoms with van der Waals surface area (Å²) in [5.74, 6) is -7.36. The van der Waals surface area contributed by atoms with Crippen LogP contribution in [-0.4, -0.2) is 93.5 Å². The van der Waals surface area contributed by atoms with Gasteiger partial charge in [0.1, 0.15) is 35.6 Å². The number of Topliss-reactive ketones (excluding diaryl/α,β-unsaturated/α-hetero) is 2. The van der Waals surface area contributed by atoms with Crippen molar-refractivity contribution in [3.8, 4) is 0 Å². The number of fused-ring (bicyclic) bond motifs is 5. The van der Waals surface area contributed by atoms with E-state index in [2.05, 4.69) is 0 Å². The first-order valence-electron chi connectivity index (χ1n) is 17.0. The van der Waals surface area contributed by atoms with Crippen molar-refractivity contribution in [2.75, 3.05) is 0 Å². The molecule has 13 heteroatoms. The van der Waals surface area contributed by atoms with Crippen LogP contribution in [-0.2, 0) is 52.5 Å². The van der Waals surface area contributed by atoms with Crippen LogP contribution < -0.4 is 0 Å². The van der Waals surface area contributed by atoms with Gasteiger partial charge in [0.2, 0.25) is 5.78 Å². The average molecular weight is 669 g/mol. The second-order valence-electron chi connectivity index (χ2n) is 16.5. The van der Waals surface area contributed by atoms with Crippen molar-refractivity contribution in [2.24, 2.45) is 51.8 Å². The van der Waals surface area contributed by atoms with Crippen LogP contribution in [0.15, 0.2) is 11.6 Å². The van der Waals surface area contributed by atoms with E-state index in [1.54, 1.807) is 6.92 Å². The summed E-state index contributed by atoms with van der Waals surface area (Å²) in [5, 5.41) is 24.4. The second-order valence-corrected chi connectivity index (χ2v) is 16.5. The zero-order valence-corrected chi connectivity index (χ0v) is 27.4. The Morgan fingerprint density at radius 1 is 0.917 bits per heavy atom. The third-order valence-electron chi connectivity index (χ3n) is 14.8. The molecule has 7 aliphatic carbocycles. The molecule has 17 atom stereocenters. The maximum absolute atomic E-state index is 14.8. The van der Waals surface area contributed by atoms with Gasteiger partial charge >= 0.3 is 23.9 Å². The molecular weight excluding hydrogens is 628 g/mol. The molecule has 6 unspecified atom stereocenters. The Morgan fingerprint density at radius 3 is 2.25 bits per heavy atom. The number of aliphatic hydroxyl groups is 2. The average Bonchev–Trinajstić information content (AvgIpc) is 3.84. The van der Waals surface area contributed by atoms with Crippen LogP contribution >= 0.6 is 0 Å². The molecule has 48 heavy (non-hydrogen) atoms. The van der Waals surface area contributed by atoms with Gasteiger partial charge in [-0.1, -0.05) is 25.5 Å². The number of epoxide rings is 1. The van der Waals surface area contributed by atoms with Crippen molar-refractivity contribution in [2.45, 2.75) is 115 Å². The van der Waals surface area contributed by atoms with Crippen LogP contribution in [0.2, 0.25) is 0 Å². The molecule has 8 fully saturated rings. The summed E-state index contributed by atoms with van der Waals surface area (Å²) in [4.78, 5) is 80.1. The lowest BCUT2D eigenvalue weighted by atomic mass is 9.40. The number of hydrogen-bond donors (Lipinski definition) is 2. The lowest BCUT2D eigenvalue weighted by Gasteiger charge is -2.65. The minimum absolute atomic E-state index is 0.00940. The lowest BCUT2D eigenvalue weighted by Crippen LogP contribution is -2.77. The molecule has 9 rings (SSSR count). The highest BCUT2D eigenvalue weighted by Crippen LogP contribution is 2.82. The molecule has 6 saturated carbocycles. The Morgan fingerprint density at radius 2 is 1.60 bits per heavy atom. The molecule has 1 spiro atoms. The highest BCUT2D eigenvalue weighted by atomic mass is 16.6. The molecule has 2 heterocycles. The van der Waals surface area contributed by atoms with Crippen molar-refractivity contribution < 1.29 is 62.7 Å². The monoisotopic (exact) mass is 668 g/mol. The Bertz CT molecular complexity index is 1670. The van der Waals surface area contributed by atoms with E-state index in [-0.39, 0.29) is 37.9 Å². The summed E-state index contributed by atoms with van der Waals surface area (Å²) >= 11 is 0. The summed E-state index contributed by atoms with van der Waals surface area (Å²) in [7, 11) is 0. The predicted octanol–water partition coefficient (Wildman–Crippen LogP) is 0.743. The number of carbonyl (C=O) groups excluding carboxylic acids is 6. The highest BCUT2D eigenvalue weighted by Gasteiger charge is 2.89. The number of ether oxygens (including phenoxy) is 5. The third kappa shape index (κ3) is 3.25. The molecule has 2 saturated heterocycles. The zero-order chi connectivity index (χ0) is 34.2. The molecular formula is C35H40O13. The molecule has 0 bridgehead atoms. The summed E-state index contributed by atoms with van der Waals surface area (Å²) in [6.07, 6.45) is -3.30. The normalized spacial score (nSPS) is 56.0. The first-order chi connectivity index (χ1) is 22.4. The van der Waals surface area contributed by atoms with Gasteiger partial charge in [0.25, 0.3) is 0 Å². The number of ketones is 2.